The number of rotatable bonds is 5. The number of halogens is 1. The molecule has 11 heteroatoms. The number of likely N-dealkylation sites (tertiary alicyclic amines) is 1. The van der Waals surface area contributed by atoms with Gasteiger partial charge in [0.05, 0.1) is 11.4 Å². The molecule has 2 N–H and O–H groups in total. The summed E-state index contributed by atoms with van der Waals surface area (Å²) >= 11 is 0. The quantitative estimate of drug-likeness (QED) is 0.274. The molecule has 204 valence electrons. The lowest BCUT2D eigenvalue weighted by Gasteiger charge is -2.33. The molecule has 0 bridgehead atoms. The van der Waals surface area contributed by atoms with Gasteiger partial charge in [-0.2, -0.15) is 10.4 Å². The van der Waals surface area contributed by atoms with Crippen molar-refractivity contribution >= 4 is 22.8 Å². The normalized spacial score (nSPS) is 16.1. The summed E-state index contributed by atoms with van der Waals surface area (Å²) in [5.41, 5.74) is 7.83. The second-order valence-corrected chi connectivity index (χ2v) is 10.8. The lowest BCUT2D eigenvalue weighted by Crippen LogP contribution is -2.41. The maximum atomic E-state index is 14.0. The van der Waals surface area contributed by atoms with Gasteiger partial charge in [-0.25, -0.2) is 24.0 Å². The van der Waals surface area contributed by atoms with Gasteiger partial charge < -0.3 is 15.4 Å². The van der Waals surface area contributed by atoms with Crippen molar-refractivity contribution in [2.45, 2.75) is 39.7 Å². The van der Waals surface area contributed by atoms with Crippen molar-refractivity contribution in [3.8, 4) is 29.0 Å². The molecule has 1 aliphatic heterocycles. The first-order valence-electron chi connectivity index (χ1n) is 12.9. The van der Waals surface area contributed by atoms with E-state index in [1.165, 1.54) is 18.5 Å². The number of piperidine rings is 1. The van der Waals surface area contributed by atoms with Crippen molar-refractivity contribution < 1.29 is 13.9 Å². The minimum absolute atomic E-state index is 0.0726. The molecular weight excluding hydrogens is 511 g/mol. The number of nitriles is 1. The molecule has 4 aromatic rings. The summed E-state index contributed by atoms with van der Waals surface area (Å²) in [7, 11) is 0. The number of carbonyl (C=O) groups is 1. The maximum Gasteiger partial charge on any atom is 0.264 e. The first-order chi connectivity index (χ1) is 19.1. The number of anilines is 1. The first-order valence-corrected chi connectivity index (χ1v) is 12.9. The number of fused-ring (bicyclic) bond motifs is 1. The number of ether oxygens (including phenoxy) is 1. The average Bonchev–Trinajstić information content (AvgIpc) is 3.34. The molecular formula is C29H29FN8O2. The molecule has 40 heavy (non-hydrogen) atoms. The standard InChI is InChI=1S/C29H29FN8O2/c1-29(2,3)13-19(14-31)28(39)37-12-6-7-20(16-37)38-27-24(26(32)34-17-35-27)25(36-38)18-10-11-23(33-15-18)40-22-9-5-4-8-21(22)30/h4-5,8-11,13,15,17,20H,6-7,12,16H2,1-3H3,(H2,32,34,35). The number of amides is 1. The largest absolute Gasteiger partial charge is 0.436 e. The predicted molar refractivity (Wildman–Crippen MR) is 147 cm³/mol. The Kier molecular flexibility index (Phi) is 7.17. The number of para-hydroxylation sites is 1. The molecule has 3 aromatic heterocycles. The minimum atomic E-state index is -0.487. The first kappa shape index (κ1) is 26.7. The number of nitrogen functional groups attached to an aromatic ring is 1. The molecule has 1 saturated heterocycles. The van der Waals surface area contributed by atoms with Gasteiger partial charge in [-0.1, -0.05) is 39.0 Å². The topological polar surface area (TPSA) is 136 Å². The molecule has 1 aromatic carbocycles. The Bertz CT molecular complexity index is 1630. The summed E-state index contributed by atoms with van der Waals surface area (Å²) in [6.07, 6.45) is 6.17. The molecule has 0 aliphatic carbocycles. The van der Waals surface area contributed by atoms with Crippen molar-refractivity contribution in [3.05, 3.63) is 66.4 Å². The van der Waals surface area contributed by atoms with Crippen LogP contribution in [0.2, 0.25) is 0 Å². The van der Waals surface area contributed by atoms with E-state index in [0.717, 1.165) is 12.8 Å². The van der Waals surface area contributed by atoms with Crippen molar-refractivity contribution in [1.29, 1.82) is 5.26 Å². The number of hydrogen-bond acceptors (Lipinski definition) is 8. The number of carbonyl (C=O) groups excluding carboxylic acids is 1. The van der Waals surface area contributed by atoms with Crippen molar-refractivity contribution in [2.75, 3.05) is 18.8 Å². The molecule has 0 spiro atoms. The van der Waals surface area contributed by atoms with Crippen LogP contribution >= 0.6 is 0 Å². The van der Waals surface area contributed by atoms with Gasteiger partial charge in [-0.3, -0.25) is 4.79 Å². The highest BCUT2D eigenvalue weighted by atomic mass is 19.1. The SMILES string of the molecule is CC(C)(C)C=C(C#N)C(=O)N1CCCC(n2nc(-c3ccc(Oc4ccccc4F)nc3)c3c(N)ncnc32)C1. The highest BCUT2D eigenvalue weighted by Gasteiger charge is 2.30. The Balaban J connectivity index is 1.46. The van der Waals surface area contributed by atoms with Gasteiger partial charge in [0.1, 0.15) is 29.5 Å². The zero-order chi connectivity index (χ0) is 28.4. The summed E-state index contributed by atoms with van der Waals surface area (Å²) in [6, 6.07) is 11.4. The summed E-state index contributed by atoms with van der Waals surface area (Å²) in [5.74, 6) is -0.216. The van der Waals surface area contributed by atoms with Gasteiger partial charge in [0.15, 0.2) is 17.2 Å². The van der Waals surface area contributed by atoms with Crippen LogP contribution in [0.1, 0.15) is 39.7 Å². The third-order valence-corrected chi connectivity index (χ3v) is 6.54. The fraction of sp³-hybridized carbons (Fsp3) is 0.310. The number of pyridine rings is 1. The van der Waals surface area contributed by atoms with Crippen molar-refractivity contribution in [3.63, 3.8) is 0 Å². The maximum absolute atomic E-state index is 14.0. The van der Waals surface area contributed by atoms with Crippen LogP contribution in [0.4, 0.5) is 10.2 Å². The summed E-state index contributed by atoms with van der Waals surface area (Å²) in [6.45, 7) is 6.77. The Hall–Kier alpha value is -4.85. The zero-order valence-electron chi connectivity index (χ0n) is 22.5. The second kappa shape index (κ2) is 10.7. The lowest BCUT2D eigenvalue weighted by atomic mass is 9.93. The highest BCUT2D eigenvalue weighted by Crippen LogP contribution is 2.34. The van der Waals surface area contributed by atoms with E-state index in [4.69, 9.17) is 15.6 Å². The van der Waals surface area contributed by atoms with E-state index < -0.39 is 5.82 Å². The predicted octanol–water partition coefficient (Wildman–Crippen LogP) is 5.06. The molecule has 1 fully saturated rings. The third kappa shape index (κ3) is 5.47. The van der Waals surface area contributed by atoms with E-state index in [9.17, 15) is 14.4 Å². The third-order valence-electron chi connectivity index (χ3n) is 6.54. The van der Waals surface area contributed by atoms with Crippen LogP contribution in [0.15, 0.2) is 60.6 Å². The molecule has 1 atom stereocenters. The van der Waals surface area contributed by atoms with Crippen molar-refractivity contribution in [1.82, 2.24) is 29.6 Å². The van der Waals surface area contributed by atoms with Crippen LogP contribution < -0.4 is 10.5 Å². The molecule has 5 rings (SSSR count). The molecule has 0 saturated carbocycles. The number of allylic oxidation sites excluding steroid dienone is 1. The van der Waals surface area contributed by atoms with Gasteiger partial charge in [0.25, 0.3) is 5.91 Å². The Morgan fingerprint density at radius 2 is 2.00 bits per heavy atom. The summed E-state index contributed by atoms with van der Waals surface area (Å²) < 4.78 is 21.4. The van der Waals surface area contributed by atoms with Crippen LogP contribution in [-0.4, -0.2) is 48.6 Å². The monoisotopic (exact) mass is 540 g/mol. The van der Waals surface area contributed by atoms with E-state index in [1.807, 2.05) is 20.8 Å². The minimum Gasteiger partial charge on any atom is -0.436 e. The average molecular weight is 541 g/mol. The van der Waals surface area contributed by atoms with Crippen LogP contribution in [0, 0.1) is 22.6 Å². The molecule has 4 heterocycles. The smallest absolute Gasteiger partial charge is 0.264 e. The van der Waals surface area contributed by atoms with Gasteiger partial charge in [0.2, 0.25) is 5.88 Å². The van der Waals surface area contributed by atoms with Crippen LogP contribution in [0.3, 0.4) is 0 Å². The van der Waals surface area contributed by atoms with Crippen LogP contribution in [-0.2, 0) is 4.79 Å². The van der Waals surface area contributed by atoms with Crippen molar-refractivity contribution in [2.24, 2.45) is 5.41 Å². The fourth-order valence-electron chi connectivity index (χ4n) is 4.76. The number of aromatic nitrogens is 5. The van der Waals surface area contributed by atoms with E-state index in [2.05, 4.69) is 21.0 Å². The van der Waals surface area contributed by atoms with Gasteiger partial charge >= 0.3 is 0 Å². The number of nitrogens with zero attached hydrogens (tertiary/aromatic N) is 7. The number of benzene rings is 1. The second-order valence-electron chi connectivity index (χ2n) is 10.8. The molecule has 1 aliphatic rings. The fourth-order valence-corrected chi connectivity index (χ4v) is 4.76. The Morgan fingerprint density at radius 1 is 1.20 bits per heavy atom. The molecule has 0 radical (unpaired) electrons. The van der Waals surface area contributed by atoms with Gasteiger partial charge in [-0.15, -0.1) is 0 Å². The Labute approximate surface area is 230 Å². The number of hydrogen-bond donors (Lipinski definition) is 1. The van der Waals surface area contributed by atoms with E-state index in [1.54, 1.807) is 46.1 Å². The van der Waals surface area contributed by atoms with E-state index >= 15 is 0 Å². The Morgan fingerprint density at radius 3 is 2.70 bits per heavy atom. The zero-order valence-corrected chi connectivity index (χ0v) is 22.5. The molecule has 1 unspecified atom stereocenters. The van der Waals surface area contributed by atoms with Crippen LogP contribution in [0.25, 0.3) is 22.3 Å². The summed E-state index contributed by atoms with van der Waals surface area (Å²) in [5, 5.41) is 15.1. The summed E-state index contributed by atoms with van der Waals surface area (Å²) in [4.78, 5) is 27.9. The lowest BCUT2D eigenvalue weighted by molar-refractivity contribution is -0.128. The molecule has 1 amide bonds. The van der Waals surface area contributed by atoms with Gasteiger partial charge in [0, 0.05) is 30.9 Å². The van der Waals surface area contributed by atoms with Gasteiger partial charge in [-0.05, 0) is 36.5 Å². The van der Waals surface area contributed by atoms with E-state index in [0.29, 0.717) is 35.4 Å². The molecule has 10 nitrogen and oxygen atoms in total. The van der Waals surface area contributed by atoms with Crippen LogP contribution in [0.5, 0.6) is 11.6 Å². The van der Waals surface area contributed by atoms with E-state index in [-0.39, 0.29) is 40.4 Å². The highest BCUT2D eigenvalue weighted by molar-refractivity contribution is 5.98. The number of nitrogens with two attached hydrogens (primary N) is 1.